The second-order valence-electron chi connectivity index (χ2n) is 4.83. The van der Waals surface area contributed by atoms with Crippen LogP contribution in [-0.2, 0) is 13.6 Å². The average molecular weight is 306 g/mol. The maximum absolute atomic E-state index is 4.37. The second-order valence-corrected chi connectivity index (χ2v) is 5.68. The molecule has 0 atom stereocenters. The number of nitrogens with zero attached hydrogens (tertiary/aromatic N) is 2. The Morgan fingerprint density at radius 3 is 2.83 bits per heavy atom. The standard InChI is InChI=1S/C14H16BrN3/c1-18-9-13(15)14(17-18)16-8-11-4-2-3-5-12(11)10-6-7-10/h2-5,9-10H,6-8H2,1H3,(H,16,17). The van der Waals surface area contributed by atoms with E-state index >= 15 is 0 Å². The van der Waals surface area contributed by atoms with Gasteiger partial charge in [-0.25, -0.2) is 0 Å². The van der Waals surface area contributed by atoms with Gasteiger partial charge in [-0.15, -0.1) is 0 Å². The van der Waals surface area contributed by atoms with Crippen LogP contribution in [0.2, 0.25) is 0 Å². The second kappa shape index (κ2) is 4.76. The summed E-state index contributed by atoms with van der Waals surface area (Å²) < 4.78 is 2.81. The van der Waals surface area contributed by atoms with Gasteiger partial charge in [-0.2, -0.15) is 5.10 Å². The van der Waals surface area contributed by atoms with Crippen LogP contribution in [-0.4, -0.2) is 9.78 Å². The number of benzene rings is 1. The SMILES string of the molecule is Cn1cc(Br)c(NCc2ccccc2C2CC2)n1. The van der Waals surface area contributed by atoms with Crippen molar-refractivity contribution in [1.29, 1.82) is 0 Å². The maximum Gasteiger partial charge on any atom is 0.162 e. The van der Waals surface area contributed by atoms with Gasteiger partial charge in [-0.3, -0.25) is 4.68 Å². The van der Waals surface area contributed by atoms with Crippen molar-refractivity contribution in [2.75, 3.05) is 5.32 Å². The van der Waals surface area contributed by atoms with E-state index in [-0.39, 0.29) is 0 Å². The van der Waals surface area contributed by atoms with E-state index in [0.29, 0.717) is 0 Å². The van der Waals surface area contributed by atoms with Crippen molar-refractivity contribution in [3.8, 4) is 0 Å². The lowest BCUT2D eigenvalue weighted by Crippen LogP contribution is -2.03. The molecular formula is C14H16BrN3. The zero-order valence-corrected chi connectivity index (χ0v) is 11.9. The fourth-order valence-electron chi connectivity index (χ4n) is 2.25. The van der Waals surface area contributed by atoms with E-state index in [4.69, 9.17) is 0 Å². The average Bonchev–Trinajstić information content (AvgIpc) is 3.14. The summed E-state index contributed by atoms with van der Waals surface area (Å²) in [6, 6.07) is 8.70. The molecule has 94 valence electrons. The predicted molar refractivity (Wildman–Crippen MR) is 76.7 cm³/mol. The van der Waals surface area contributed by atoms with Gasteiger partial charge < -0.3 is 5.32 Å². The Hall–Kier alpha value is -1.29. The van der Waals surface area contributed by atoms with Gasteiger partial charge in [-0.05, 0) is 45.8 Å². The zero-order valence-electron chi connectivity index (χ0n) is 10.4. The minimum Gasteiger partial charge on any atom is -0.364 e. The molecule has 0 bridgehead atoms. The third-order valence-electron chi connectivity index (χ3n) is 3.30. The Kier molecular flexibility index (Phi) is 3.12. The normalized spacial score (nSPS) is 14.8. The van der Waals surface area contributed by atoms with Crippen molar-refractivity contribution >= 4 is 21.7 Å². The molecule has 1 aromatic heterocycles. The number of hydrogen-bond donors (Lipinski definition) is 1. The summed E-state index contributed by atoms with van der Waals surface area (Å²) in [5.74, 6) is 1.69. The molecule has 0 radical (unpaired) electrons. The summed E-state index contributed by atoms with van der Waals surface area (Å²) in [6.45, 7) is 0.836. The highest BCUT2D eigenvalue weighted by atomic mass is 79.9. The Morgan fingerprint density at radius 2 is 2.17 bits per heavy atom. The Morgan fingerprint density at radius 1 is 1.39 bits per heavy atom. The molecule has 1 fully saturated rings. The number of rotatable bonds is 4. The number of aromatic nitrogens is 2. The van der Waals surface area contributed by atoms with Crippen molar-refractivity contribution in [3.05, 3.63) is 46.1 Å². The molecule has 3 rings (SSSR count). The number of anilines is 1. The topological polar surface area (TPSA) is 29.9 Å². The quantitative estimate of drug-likeness (QED) is 0.934. The van der Waals surface area contributed by atoms with Crippen molar-refractivity contribution < 1.29 is 0 Å². The van der Waals surface area contributed by atoms with Crippen LogP contribution in [0.3, 0.4) is 0 Å². The smallest absolute Gasteiger partial charge is 0.162 e. The zero-order chi connectivity index (χ0) is 12.5. The lowest BCUT2D eigenvalue weighted by atomic mass is 10.0. The van der Waals surface area contributed by atoms with Crippen LogP contribution in [0.15, 0.2) is 34.9 Å². The van der Waals surface area contributed by atoms with Crippen LogP contribution in [0.25, 0.3) is 0 Å². The molecule has 1 aromatic carbocycles. The third kappa shape index (κ3) is 2.43. The van der Waals surface area contributed by atoms with E-state index in [9.17, 15) is 0 Å². The van der Waals surface area contributed by atoms with Crippen molar-refractivity contribution in [1.82, 2.24) is 9.78 Å². The molecule has 0 saturated heterocycles. The summed E-state index contributed by atoms with van der Waals surface area (Å²) in [7, 11) is 1.92. The molecule has 1 N–H and O–H groups in total. The molecule has 0 amide bonds. The van der Waals surface area contributed by atoms with E-state index in [1.165, 1.54) is 24.0 Å². The largest absolute Gasteiger partial charge is 0.364 e. The van der Waals surface area contributed by atoms with Crippen molar-refractivity contribution in [2.45, 2.75) is 25.3 Å². The first kappa shape index (κ1) is 11.8. The van der Waals surface area contributed by atoms with Gasteiger partial charge in [-0.1, -0.05) is 24.3 Å². The van der Waals surface area contributed by atoms with E-state index in [2.05, 4.69) is 50.6 Å². The van der Waals surface area contributed by atoms with E-state index in [0.717, 1.165) is 22.8 Å². The number of hydrogen-bond acceptors (Lipinski definition) is 2. The predicted octanol–water partition coefficient (Wildman–Crippen LogP) is 3.67. The molecule has 0 aliphatic heterocycles. The number of aryl methyl sites for hydroxylation is 1. The fraction of sp³-hybridized carbons (Fsp3) is 0.357. The lowest BCUT2D eigenvalue weighted by molar-refractivity contribution is 0.768. The first-order valence-corrected chi connectivity index (χ1v) is 7.04. The molecule has 3 nitrogen and oxygen atoms in total. The van der Waals surface area contributed by atoms with Gasteiger partial charge in [0.15, 0.2) is 5.82 Å². The maximum atomic E-state index is 4.37. The molecule has 1 aliphatic carbocycles. The van der Waals surface area contributed by atoms with Gasteiger partial charge in [0, 0.05) is 19.8 Å². The summed E-state index contributed by atoms with van der Waals surface area (Å²) in [4.78, 5) is 0. The molecule has 1 heterocycles. The van der Waals surface area contributed by atoms with E-state index in [1.54, 1.807) is 4.68 Å². The lowest BCUT2D eigenvalue weighted by Gasteiger charge is -2.09. The minimum absolute atomic E-state index is 0.787. The molecule has 2 aromatic rings. The Balaban J connectivity index is 1.75. The number of halogens is 1. The molecule has 1 aliphatic rings. The van der Waals surface area contributed by atoms with E-state index < -0.39 is 0 Å². The Labute approximate surface area is 115 Å². The van der Waals surface area contributed by atoms with E-state index in [1.807, 2.05) is 13.2 Å². The summed E-state index contributed by atoms with van der Waals surface area (Å²) >= 11 is 3.50. The van der Waals surface area contributed by atoms with Gasteiger partial charge in [0.05, 0.1) is 4.47 Å². The van der Waals surface area contributed by atoms with Crippen LogP contribution in [0, 0.1) is 0 Å². The van der Waals surface area contributed by atoms with Gasteiger partial charge in [0.1, 0.15) is 0 Å². The molecule has 0 unspecified atom stereocenters. The van der Waals surface area contributed by atoms with Crippen LogP contribution < -0.4 is 5.32 Å². The van der Waals surface area contributed by atoms with Gasteiger partial charge >= 0.3 is 0 Å². The van der Waals surface area contributed by atoms with Crippen LogP contribution in [0.4, 0.5) is 5.82 Å². The van der Waals surface area contributed by atoms with Crippen LogP contribution >= 0.6 is 15.9 Å². The van der Waals surface area contributed by atoms with Crippen LogP contribution in [0.5, 0.6) is 0 Å². The van der Waals surface area contributed by atoms with Crippen LogP contribution in [0.1, 0.15) is 29.9 Å². The minimum atomic E-state index is 0.787. The fourth-order valence-corrected chi connectivity index (χ4v) is 2.76. The first-order chi connectivity index (χ1) is 8.74. The highest BCUT2D eigenvalue weighted by molar-refractivity contribution is 9.10. The Bertz CT molecular complexity index is 558. The molecular weight excluding hydrogens is 290 g/mol. The van der Waals surface area contributed by atoms with Crippen molar-refractivity contribution in [2.24, 2.45) is 7.05 Å². The molecule has 1 saturated carbocycles. The summed E-state index contributed by atoms with van der Waals surface area (Å²) in [5, 5.41) is 7.77. The third-order valence-corrected chi connectivity index (χ3v) is 3.88. The first-order valence-electron chi connectivity index (χ1n) is 6.25. The molecule has 18 heavy (non-hydrogen) atoms. The monoisotopic (exact) mass is 305 g/mol. The molecule has 0 spiro atoms. The summed E-state index contributed by atoms with van der Waals surface area (Å²) in [5.41, 5.74) is 2.88. The van der Waals surface area contributed by atoms with Crippen molar-refractivity contribution in [3.63, 3.8) is 0 Å². The highest BCUT2D eigenvalue weighted by Gasteiger charge is 2.25. The summed E-state index contributed by atoms with van der Waals surface area (Å²) in [6.07, 6.45) is 4.63. The van der Waals surface area contributed by atoms with Gasteiger partial charge in [0.2, 0.25) is 0 Å². The highest BCUT2D eigenvalue weighted by Crippen LogP contribution is 2.41. The number of nitrogens with one attached hydrogen (secondary N) is 1. The molecule has 4 heteroatoms. The van der Waals surface area contributed by atoms with Gasteiger partial charge in [0.25, 0.3) is 0 Å².